The lowest BCUT2D eigenvalue weighted by Crippen LogP contribution is -3.08. The van der Waals surface area contributed by atoms with Crippen molar-refractivity contribution in [3.63, 3.8) is 0 Å². The predicted octanol–water partition coefficient (Wildman–Crippen LogP) is -0.356. The Morgan fingerprint density at radius 2 is 2.45 bits per heavy atom. The van der Waals surface area contributed by atoms with Gasteiger partial charge in [0.25, 0.3) is 0 Å². The molecule has 2 heterocycles. The maximum atomic E-state index is 5.12. The van der Waals surface area contributed by atoms with Crippen molar-refractivity contribution in [1.82, 2.24) is 5.59 Å². The highest BCUT2D eigenvalue weighted by atomic mass is 16.7. The average molecular weight is 150 g/mol. The number of rotatable bonds is 0. The average Bonchev–Trinajstić information content (AvgIpc) is 2.60. The molecule has 0 spiro atoms. The van der Waals surface area contributed by atoms with Crippen molar-refractivity contribution in [3.05, 3.63) is 23.7 Å². The zero-order valence-electron chi connectivity index (χ0n) is 5.59. The second-order valence-electron chi connectivity index (χ2n) is 2.46. The monoisotopic (exact) mass is 150 g/mol. The molecule has 0 saturated heterocycles. The van der Waals surface area contributed by atoms with Crippen LogP contribution in [0.2, 0.25) is 0 Å². The summed E-state index contributed by atoms with van der Waals surface area (Å²) in [5.41, 5.74) is 11.6. The molecule has 2 aliphatic heterocycles. The molecule has 0 aromatic heterocycles. The molecule has 0 bridgehead atoms. The van der Waals surface area contributed by atoms with Crippen molar-refractivity contribution in [2.24, 2.45) is 0 Å². The highest BCUT2D eigenvalue weighted by Gasteiger charge is 2.28. The molecular weight excluding hydrogens is 144 g/mol. The fourth-order valence-electron chi connectivity index (χ4n) is 1.30. The number of benzene rings is 1. The Labute approximate surface area is 62.8 Å². The van der Waals surface area contributed by atoms with Gasteiger partial charge in [0.15, 0.2) is 0 Å². The second-order valence-corrected chi connectivity index (χ2v) is 2.46. The Morgan fingerprint density at radius 1 is 1.45 bits per heavy atom. The highest BCUT2D eigenvalue weighted by molar-refractivity contribution is 5.71. The number of para-hydroxylation sites is 1. The van der Waals surface area contributed by atoms with Crippen molar-refractivity contribution in [1.29, 1.82) is 0 Å². The van der Waals surface area contributed by atoms with E-state index in [2.05, 4.69) is 16.5 Å². The minimum absolute atomic E-state index is 0.774. The molecular formula is C6H6N4O. The standard InChI is InChI=1S/C6H6N4O/c1-2-4-6-5(3-1)11-9-10(6)8-7-4/h1-3,7,9-10H. The summed E-state index contributed by atoms with van der Waals surface area (Å²) in [6, 6.07) is 5.79. The maximum absolute atomic E-state index is 5.12. The number of quaternary nitrogens is 1. The van der Waals surface area contributed by atoms with E-state index in [-0.39, 0.29) is 0 Å². The molecule has 11 heavy (non-hydrogen) atoms. The lowest BCUT2D eigenvalue weighted by molar-refractivity contribution is -0.853. The van der Waals surface area contributed by atoms with Crippen LogP contribution in [-0.4, -0.2) is 0 Å². The first-order valence-electron chi connectivity index (χ1n) is 3.35. The van der Waals surface area contributed by atoms with Crippen LogP contribution in [0.1, 0.15) is 0 Å². The second kappa shape index (κ2) is 1.65. The van der Waals surface area contributed by atoms with Crippen LogP contribution in [0.15, 0.2) is 18.2 Å². The van der Waals surface area contributed by atoms with Crippen LogP contribution in [0.25, 0.3) is 5.53 Å². The van der Waals surface area contributed by atoms with Gasteiger partial charge in [-0.15, -0.1) is 0 Å². The Balaban J connectivity index is 2.31. The van der Waals surface area contributed by atoms with Crippen molar-refractivity contribution in [2.45, 2.75) is 0 Å². The fourth-order valence-corrected chi connectivity index (χ4v) is 1.30. The summed E-state index contributed by atoms with van der Waals surface area (Å²) in [5.74, 6) is 0.839. The van der Waals surface area contributed by atoms with Gasteiger partial charge in [-0.2, -0.15) is 0 Å². The molecule has 0 aliphatic carbocycles. The van der Waals surface area contributed by atoms with Gasteiger partial charge in [-0.1, -0.05) is 6.07 Å². The zero-order chi connectivity index (χ0) is 7.26. The van der Waals surface area contributed by atoms with Crippen LogP contribution in [0.5, 0.6) is 5.75 Å². The van der Waals surface area contributed by atoms with Crippen molar-refractivity contribution >= 4 is 11.4 Å². The molecule has 0 saturated carbocycles. The third kappa shape index (κ3) is 0.548. The highest BCUT2D eigenvalue weighted by Crippen LogP contribution is 2.34. The smallest absolute Gasteiger partial charge is 0.217 e. The quantitative estimate of drug-likeness (QED) is 0.473. The summed E-state index contributed by atoms with van der Waals surface area (Å²) in [7, 11) is 0. The molecule has 1 aromatic carbocycles. The van der Waals surface area contributed by atoms with E-state index in [1.54, 1.807) is 0 Å². The van der Waals surface area contributed by atoms with Crippen LogP contribution >= 0.6 is 0 Å². The third-order valence-electron chi connectivity index (χ3n) is 1.81. The molecule has 0 fully saturated rings. The van der Waals surface area contributed by atoms with Crippen LogP contribution < -0.4 is 21.0 Å². The first-order valence-corrected chi connectivity index (χ1v) is 3.35. The molecule has 1 atom stereocenters. The normalized spacial score (nSPS) is 24.2. The van der Waals surface area contributed by atoms with Crippen molar-refractivity contribution in [3.8, 4) is 5.75 Å². The van der Waals surface area contributed by atoms with Gasteiger partial charge in [0.1, 0.15) is 0 Å². The van der Waals surface area contributed by atoms with Gasteiger partial charge in [-0.25, -0.2) is 5.12 Å². The minimum Gasteiger partial charge on any atom is -0.432 e. The molecule has 2 aliphatic rings. The van der Waals surface area contributed by atoms with Gasteiger partial charge < -0.3 is 15.8 Å². The van der Waals surface area contributed by atoms with Gasteiger partial charge in [0.05, 0.1) is 5.69 Å². The van der Waals surface area contributed by atoms with Crippen molar-refractivity contribution in [2.75, 3.05) is 5.43 Å². The van der Waals surface area contributed by atoms with Crippen LogP contribution in [0.3, 0.4) is 0 Å². The molecule has 56 valence electrons. The molecule has 5 heteroatoms. The van der Waals surface area contributed by atoms with Gasteiger partial charge in [0, 0.05) is 5.59 Å². The van der Waals surface area contributed by atoms with Crippen molar-refractivity contribution < 1.29 is 9.96 Å². The summed E-state index contributed by atoms with van der Waals surface area (Å²) < 4.78 is 0. The number of hydrogen-bond acceptors (Lipinski definition) is 3. The summed E-state index contributed by atoms with van der Waals surface area (Å²) in [6.45, 7) is 0. The molecule has 1 unspecified atom stereocenters. The molecule has 3 rings (SSSR count). The van der Waals surface area contributed by atoms with Crippen LogP contribution in [-0.2, 0) is 0 Å². The zero-order valence-corrected chi connectivity index (χ0v) is 5.59. The lowest BCUT2D eigenvalue weighted by Gasteiger charge is -2.14. The Morgan fingerprint density at radius 3 is 3.45 bits per heavy atom. The van der Waals surface area contributed by atoms with E-state index >= 15 is 0 Å². The Bertz CT molecular complexity index is 287. The predicted molar refractivity (Wildman–Crippen MR) is 37.8 cm³/mol. The van der Waals surface area contributed by atoms with E-state index in [1.807, 2.05) is 18.2 Å². The SMILES string of the molecule is c1cc2c3c(c1)ON[NH+]3[N-]N2. The summed E-state index contributed by atoms with van der Waals surface area (Å²) in [5, 5.41) is 0.774. The molecule has 0 radical (unpaired) electrons. The van der Waals surface area contributed by atoms with E-state index in [1.165, 1.54) is 0 Å². The Hall–Kier alpha value is -1.30. The summed E-state index contributed by atoms with van der Waals surface area (Å²) >= 11 is 0. The third-order valence-corrected chi connectivity index (χ3v) is 1.81. The molecule has 0 amide bonds. The molecule has 5 nitrogen and oxygen atoms in total. The number of nitrogens with zero attached hydrogens (tertiary/aromatic N) is 1. The topological polar surface area (TPSA) is 51.8 Å². The molecule has 3 N–H and O–H groups in total. The van der Waals surface area contributed by atoms with Gasteiger partial charge in [-0.05, 0) is 12.1 Å². The largest absolute Gasteiger partial charge is 0.432 e. The van der Waals surface area contributed by atoms with Crippen LogP contribution in [0.4, 0.5) is 11.4 Å². The Kier molecular flexibility index (Phi) is 0.803. The van der Waals surface area contributed by atoms with Crippen LogP contribution in [0, 0.1) is 0 Å². The van der Waals surface area contributed by atoms with E-state index in [0.717, 1.165) is 22.2 Å². The fraction of sp³-hybridized carbons (Fsp3) is 0. The minimum atomic E-state index is 0.774. The van der Waals surface area contributed by atoms with Gasteiger partial charge in [0.2, 0.25) is 11.4 Å². The summed E-state index contributed by atoms with van der Waals surface area (Å²) in [4.78, 5) is 5.12. The van der Waals surface area contributed by atoms with Gasteiger partial charge >= 0.3 is 0 Å². The van der Waals surface area contributed by atoms with E-state index in [4.69, 9.17) is 4.84 Å². The number of hydrogen-bond donors (Lipinski definition) is 3. The van der Waals surface area contributed by atoms with Gasteiger partial charge in [-0.3, -0.25) is 0 Å². The van der Waals surface area contributed by atoms with E-state index < -0.39 is 0 Å². The first-order chi connectivity index (χ1) is 5.45. The number of anilines is 1. The maximum Gasteiger partial charge on any atom is 0.217 e. The summed E-state index contributed by atoms with van der Waals surface area (Å²) in [6.07, 6.45) is 0. The first kappa shape index (κ1) is 5.36. The van der Waals surface area contributed by atoms with E-state index in [0.29, 0.717) is 0 Å². The lowest BCUT2D eigenvalue weighted by atomic mass is 10.2. The number of nitrogens with one attached hydrogen (secondary N) is 3. The van der Waals surface area contributed by atoms with E-state index in [9.17, 15) is 0 Å². The molecule has 1 aromatic rings.